The topological polar surface area (TPSA) is 24.4 Å². The van der Waals surface area contributed by atoms with E-state index < -0.39 is 0 Å². The molecular formula is C11H12BrClN2S. The number of hydrogen-bond donors (Lipinski definition) is 1. The lowest BCUT2D eigenvalue weighted by atomic mass is 10.2. The zero-order valence-electron chi connectivity index (χ0n) is 8.84. The molecule has 1 aromatic rings. The molecule has 1 aliphatic heterocycles. The molecule has 1 unspecified atom stereocenters. The van der Waals surface area contributed by atoms with E-state index >= 15 is 0 Å². The van der Waals surface area contributed by atoms with Crippen molar-refractivity contribution in [1.29, 1.82) is 0 Å². The summed E-state index contributed by atoms with van der Waals surface area (Å²) < 4.78 is 0.999. The summed E-state index contributed by atoms with van der Waals surface area (Å²) in [5.74, 6) is 1.78. The van der Waals surface area contributed by atoms with Gasteiger partial charge < -0.3 is 5.32 Å². The van der Waals surface area contributed by atoms with E-state index in [0.717, 1.165) is 32.6 Å². The van der Waals surface area contributed by atoms with Crippen molar-refractivity contribution < 1.29 is 0 Å². The van der Waals surface area contributed by atoms with Crippen LogP contribution in [0.2, 0.25) is 5.02 Å². The average molecular weight is 320 g/mol. The van der Waals surface area contributed by atoms with Crippen LogP contribution in [-0.2, 0) is 0 Å². The summed E-state index contributed by atoms with van der Waals surface area (Å²) in [7, 11) is 0. The normalized spacial score (nSPS) is 20.4. The van der Waals surface area contributed by atoms with Gasteiger partial charge in [0, 0.05) is 21.8 Å². The van der Waals surface area contributed by atoms with Gasteiger partial charge in [0.05, 0.1) is 5.69 Å². The van der Waals surface area contributed by atoms with Gasteiger partial charge in [-0.3, -0.25) is 4.99 Å². The molecule has 1 atom stereocenters. The number of thioether (sulfide) groups is 1. The lowest BCUT2D eigenvalue weighted by molar-refractivity contribution is 0.674. The van der Waals surface area contributed by atoms with Crippen molar-refractivity contribution in [3.8, 4) is 0 Å². The van der Waals surface area contributed by atoms with Gasteiger partial charge in [0.1, 0.15) is 0 Å². The monoisotopic (exact) mass is 318 g/mol. The van der Waals surface area contributed by atoms with Crippen molar-refractivity contribution >= 4 is 50.1 Å². The summed E-state index contributed by atoms with van der Waals surface area (Å²) in [6, 6.07) is 5.68. The van der Waals surface area contributed by atoms with Crippen LogP contribution in [0.5, 0.6) is 0 Å². The van der Waals surface area contributed by atoms with Crippen molar-refractivity contribution in [2.75, 3.05) is 17.6 Å². The van der Waals surface area contributed by atoms with Crippen LogP contribution in [0.1, 0.15) is 6.92 Å². The van der Waals surface area contributed by atoms with Gasteiger partial charge in [-0.05, 0) is 40.0 Å². The van der Waals surface area contributed by atoms with E-state index in [4.69, 9.17) is 11.6 Å². The number of rotatable bonds is 1. The molecule has 1 aliphatic rings. The first-order valence-corrected chi connectivity index (χ1v) is 7.20. The Kier molecular flexibility index (Phi) is 4.16. The van der Waals surface area contributed by atoms with Crippen molar-refractivity contribution in [3.63, 3.8) is 0 Å². The Labute approximate surface area is 113 Å². The third kappa shape index (κ3) is 3.15. The molecule has 2 rings (SSSR count). The Morgan fingerprint density at radius 1 is 1.56 bits per heavy atom. The molecule has 0 radical (unpaired) electrons. The number of amidine groups is 1. The van der Waals surface area contributed by atoms with Gasteiger partial charge in [-0.25, -0.2) is 0 Å². The van der Waals surface area contributed by atoms with Gasteiger partial charge in [-0.15, -0.1) is 0 Å². The Morgan fingerprint density at radius 2 is 2.38 bits per heavy atom. The summed E-state index contributed by atoms with van der Waals surface area (Å²) in [6.45, 7) is 3.11. The zero-order chi connectivity index (χ0) is 11.5. The number of anilines is 1. The largest absolute Gasteiger partial charge is 0.334 e. The van der Waals surface area contributed by atoms with E-state index in [9.17, 15) is 0 Å². The van der Waals surface area contributed by atoms with Gasteiger partial charge in [-0.2, -0.15) is 0 Å². The molecule has 0 amide bonds. The summed E-state index contributed by atoms with van der Waals surface area (Å²) in [4.78, 5) is 4.48. The van der Waals surface area contributed by atoms with E-state index in [1.165, 1.54) is 0 Å². The van der Waals surface area contributed by atoms with E-state index in [0.29, 0.717) is 5.92 Å². The van der Waals surface area contributed by atoms with Gasteiger partial charge in [0.25, 0.3) is 0 Å². The predicted octanol–water partition coefficient (Wildman–Crippen LogP) is 4.25. The van der Waals surface area contributed by atoms with Gasteiger partial charge in [0.15, 0.2) is 5.17 Å². The number of benzene rings is 1. The van der Waals surface area contributed by atoms with Crippen LogP contribution in [0, 0.1) is 5.92 Å². The number of hydrogen-bond acceptors (Lipinski definition) is 3. The highest BCUT2D eigenvalue weighted by molar-refractivity contribution is 9.10. The van der Waals surface area contributed by atoms with Crippen molar-refractivity contribution in [2.45, 2.75) is 6.92 Å². The quantitative estimate of drug-likeness (QED) is 0.836. The minimum absolute atomic E-state index is 0.665. The summed E-state index contributed by atoms with van der Waals surface area (Å²) in [6.07, 6.45) is 0. The lowest BCUT2D eigenvalue weighted by Gasteiger charge is -2.18. The maximum absolute atomic E-state index is 5.95. The lowest BCUT2D eigenvalue weighted by Crippen LogP contribution is -2.18. The van der Waals surface area contributed by atoms with Crippen LogP contribution in [-0.4, -0.2) is 17.5 Å². The zero-order valence-corrected chi connectivity index (χ0v) is 12.0. The van der Waals surface area contributed by atoms with Crippen LogP contribution in [0.15, 0.2) is 27.7 Å². The molecule has 86 valence electrons. The summed E-state index contributed by atoms with van der Waals surface area (Å²) >= 11 is 11.2. The summed E-state index contributed by atoms with van der Waals surface area (Å²) in [5, 5.41) is 4.99. The smallest absolute Gasteiger partial charge is 0.161 e. The van der Waals surface area contributed by atoms with Crippen LogP contribution in [0.4, 0.5) is 5.69 Å². The van der Waals surface area contributed by atoms with Gasteiger partial charge in [0.2, 0.25) is 0 Å². The first-order chi connectivity index (χ1) is 7.65. The molecule has 5 heteroatoms. The molecular weight excluding hydrogens is 308 g/mol. The fraction of sp³-hybridized carbons (Fsp3) is 0.364. The average Bonchev–Trinajstić information content (AvgIpc) is 2.27. The van der Waals surface area contributed by atoms with E-state index in [2.05, 4.69) is 33.2 Å². The molecule has 0 saturated carbocycles. The first-order valence-electron chi connectivity index (χ1n) is 5.04. The number of aliphatic imine (C=N–C) groups is 1. The number of nitrogens with zero attached hydrogens (tertiary/aromatic N) is 1. The first kappa shape index (κ1) is 12.3. The highest BCUT2D eigenvalue weighted by atomic mass is 79.9. The third-order valence-electron chi connectivity index (χ3n) is 2.22. The van der Waals surface area contributed by atoms with Gasteiger partial charge in [-0.1, -0.05) is 30.3 Å². The maximum atomic E-state index is 5.95. The molecule has 0 spiro atoms. The highest BCUT2D eigenvalue weighted by Crippen LogP contribution is 2.28. The number of halogens is 2. The molecule has 1 aromatic carbocycles. The second-order valence-corrected chi connectivity index (χ2v) is 6.11. The molecule has 2 nitrogen and oxygen atoms in total. The molecule has 0 fully saturated rings. The Balaban J connectivity index is 2.12. The Bertz CT molecular complexity index is 422. The predicted molar refractivity (Wildman–Crippen MR) is 76.7 cm³/mol. The van der Waals surface area contributed by atoms with Crippen LogP contribution in [0.25, 0.3) is 0 Å². The minimum atomic E-state index is 0.665. The SMILES string of the molecule is CC1CN=C(Nc2cc(Cl)ccc2Br)SC1. The second-order valence-electron chi connectivity index (χ2n) is 3.81. The molecule has 16 heavy (non-hydrogen) atoms. The van der Waals surface area contributed by atoms with E-state index in [-0.39, 0.29) is 0 Å². The maximum Gasteiger partial charge on any atom is 0.161 e. The fourth-order valence-electron chi connectivity index (χ4n) is 1.34. The van der Waals surface area contributed by atoms with Crippen LogP contribution in [0.3, 0.4) is 0 Å². The van der Waals surface area contributed by atoms with Gasteiger partial charge >= 0.3 is 0 Å². The fourth-order valence-corrected chi connectivity index (χ4v) is 2.76. The standard InChI is InChI=1S/C11H12BrClN2S/c1-7-5-14-11(16-6-7)15-10-4-8(13)2-3-9(10)12/h2-4,7H,5-6H2,1H3,(H,14,15). The molecule has 0 saturated heterocycles. The Hall–Kier alpha value is -0.190. The summed E-state index contributed by atoms with van der Waals surface area (Å²) in [5.41, 5.74) is 0.966. The van der Waals surface area contributed by atoms with Crippen molar-refractivity contribution in [1.82, 2.24) is 0 Å². The van der Waals surface area contributed by atoms with E-state index in [1.54, 1.807) is 11.8 Å². The second kappa shape index (κ2) is 5.43. The molecule has 0 aromatic heterocycles. The highest BCUT2D eigenvalue weighted by Gasteiger charge is 2.13. The third-order valence-corrected chi connectivity index (χ3v) is 4.39. The Morgan fingerprint density at radius 3 is 3.06 bits per heavy atom. The molecule has 1 heterocycles. The molecule has 1 N–H and O–H groups in total. The van der Waals surface area contributed by atoms with Crippen LogP contribution < -0.4 is 5.32 Å². The number of nitrogens with one attached hydrogen (secondary N) is 1. The minimum Gasteiger partial charge on any atom is -0.334 e. The van der Waals surface area contributed by atoms with Crippen molar-refractivity contribution in [3.05, 3.63) is 27.7 Å². The molecule has 0 aliphatic carbocycles. The van der Waals surface area contributed by atoms with Crippen LogP contribution >= 0.6 is 39.3 Å². The molecule has 0 bridgehead atoms. The van der Waals surface area contributed by atoms with Crippen molar-refractivity contribution in [2.24, 2.45) is 10.9 Å². The van der Waals surface area contributed by atoms with E-state index in [1.807, 2.05) is 18.2 Å².